The molecule has 0 radical (unpaired) electrons. The highest BCUT2D eigenvalue weighted by molar-refractivity contribution is 7.98. The lowest BCUT2D eigenvalue weighted by molar-refractivity contribution is 0.122. The van der Waals surface area contributed by atoms with E-state index in [1.54, 1.807) is 11.8 Å². The molecule has 8 heteroatoms. The van der Waals surface area contributed by atoms with Gasteiger partial charge in [0.2, 0.25) is 0 Å². The highest BCUT2D eigenvalue weighted by Crippen LogP contribution is 2.23. The Labute approximate surface area is 179 Å². The number of anilines is 3. The van der Waals surface area contributed by atoms with E-state index in [1.165, 1.54) is 0 Å². The lowest BCUT2D eigenvalue weighted by Gasteiger charge is -2.27. The van der Waals surface area contributed by atoms with Crippen molar-refractivity contribution in [3.05, 3.63) is 60.7 Å². The minimum atomic E-state index is -0.294. The molecule has 0 spiro atoms. The maximum Gasteiger partial charge on any atom is 0.323 e. The molecule has 2 amide bonds. The fourth-order valence-electron chi connectivity index (χ4n) is 3.16. The highest BCUT2D eigenvalue weighted by Gasteiger charge is 2.13. The number of thioether (sulfide) groups is 1. The van der Waals surface area contributed by atoms with Crippen LogP contribution in [0.3, 0.4) is 0 Å². The maximum atomic E-state index is 12.3. The van der Waals surface area contributed by atoms with Gasteiger partial charge in [0, 0.05) is 34.9 Å². The van der Waals surface area contributed by atoms with Gasteiger partial charge in [0.1, 0.15) is 0 Å². The van der Waals surface area contributed by atoms with E-state index < -0.39 is 0 Å². The van der Waals surface area contributed by atoms with E-state index in [0.717, 1.165) is 40.7 Å². The summed E-state index contributed by atoms with van der Waals surface area (Å²) in [5.74, 6) is 0.850. The van der Waals surface area contributed by atoms with Crippen molar-refractivity contribution in [3.63, 3.8) is 0 Å². The molecule has 0 aliphatic carbocycles. The summed E-state index contributed by atoms with van der Waals surface area (Å²) in [7, 11) is 0. The molecule has 4 rings (SSSR count). The Morgan fingerprint density at radius 1 is 0.967 bits per heavy atom. The van der Waals surface area contributed by atoms with Crippen LogP contribution in [-0.2, 0) is 4.74 Å². The van der Waals surface area contributed by atoms with E-state index in [-0.39, 0.29) is 6.03 Å². The van der Waals surface area contributed by atoms with E-state index in [4.69, 9.17) is 4.74 Å². The first kappa shape index (κ1) is 20.2. The third-order valence-corrected chi connectivity index (χ3v) is 5.49. The molecule has 1 aliphatic heterocycles. The number of aromatic nitrogens is 2. The summed E-state index contributed by atoms with van der Waals surface area (Å²) in [6.45, 7) is 3.06. The van der Waals surface area contributed by atoms with E-state index in [9.17, 15) is 4.79 Å². The van der Waals surface area contributed by atoms with Gasteiger partial charge in [-0.05, 0) is 54.8 Å². The van der Waals surface area contributed by atoms with E-state index in [1.807, 2.05) is 66.9 Å². The van der Waals surface area contributed by atoms with E-state index in [2.05, 4.69) is 25.7 Å². The Balaban J connectivity index is 1.41. The summed E-state index contributed by atoms with van der Waals surface area (Å²) in [6.07, 6.45) is 2.02. The summed E-state index contributed by atoms with van der Waals surface area (Å²) in [4.78, 5) is 15.6. The maximum absolute atomic E-state index is 12.3. The van der Waals surface area contributed by atoms with Crippen molar-refractivity contribution < 1.29 is 9.53 Å². The summed E-state index contributed by atoms with van der Waals surface area (Å²) in [5, 5.41) is 14.4. The number of amides is 2. The number of hydrogen-bond donors (Lipinski definition) is 2. The summed E-state index contributed by atoms with van der Waals surface area (Å²) in [5.41, 5.74) is 3.07. The van der Waals surface area contributed by atoms with Crippen LogP contribution in [0.5, 0.6) is 0 Å². The molecule has 0 bridgehead atoms. The molecule has 1 aliphatic rings. The number of nitrogens with one attached hydrogen (secondary N) is 2. The third-order valence-electron chi connectivity index (χ3n) is 4.75. The molecular weight excluding hydrogens is 398 g/mol. The van der Waals surface area contributed by atoms with Gasteiger partial charge in [-0.1, -0.05) is 12.1 Å². The zero-order chi connectivity index (χ0) is 20.8. The zero-order valence-corrected chi connectivity index (χ0v) is 17.5. The predicted molar refractivity (Wildman–Crippen MR) is 121 cm³/mol. The van der Waals surface area contributed by atoms with Gasteiger partial charge in [-0.3, -0.25) is 0 Å². The number of carbonyl (C=O) groups excluding carboxylic acids is 1. The summed E-state index contributed by atoms with van der Waals surface area (Å²) >= 11 is 1.66. The number of urea groups is 1. The Morgan fingerprint density at radius 3 is 2.43 bits per heavy atom. The number of rotatable bonds is 5. The molecule has 1 aromatic heterocycles. The van der Waals surface area contributed by atoms with Crippen LogP contribution >= 0.6 is 11.8 Å². The van der Waals surface area contributed by atoms with Crippen LogP contribution in [0.15, 0.2) is 65.6 Å². The normalized spacial score (nSPS) is 13.7. The number of ether oxygens (including phenoxy) is 1. The zero-order valence-electron chi connectivity index (χ0n) is 16.7. The molecule has 0 atom stereocenters. The SMILES string of the molecule is CSc1ccc(NC(=O)Nc2cccc(-c3ccc(N4CCOCC4)nn3)c2)cc1. The Morgan fingerprint density at radius 2 is 1.73 bits per heavy atom. The largest absolute Gasteiger partial charge is 0.378 e. The Hall–Kier alpha value is -3.10. The standard InChI is InChI=1S/C22H23N5O2S/c1-30-19-7-5-17(6-8-19)23-22(28)24-18-4-2-3-16(15-18)20-9-10-21(26-25-20)27-11-13-29-14-12-27/h2-10,15H,11-14H2,1H3,(H2,23,24,28). The number of nitrogens with zero attached hydrogens (tertiary/aromatic N) is 3. The van der Waals surface area contributed by atoms with Crippen LogP contribution in [-0.4, -0.2) is 48.8 Å². The van der Waals surface area contributed by atoms with Crippen LogP contribution in [0.1, 0.15) is 0 Å². The molecular formula is C22H23N5O2S. The predicted octanol–water partition coefficient (Wildman–Crippen LogP) is 4.35. The summed E-state index contributed by atoms with van der Waals surface area (Å²) in [6, 6.07) is 18.9. The van der Waals surface area contributed by atoms with Crippen molar-refractivity contribution in [2.24, 2.45) is 0 Å². The van der Waals surface area contributed by atoms with Gasteiger partial charge in [-0.2, -0.15) is 0 Å². The van der Waals surface area contributed by atoms with Crippen LogP contribution in [0.4, 0.5) is 22.0 Å². The topological polar surface area (TPSA) is 79.4 Å². The lowest BCUT2D eigenvalue weighted by atomic mass is 10.1. The quantitative estimate of drug-likeness (QED) is 0.597. The fraction of sp³-hybridized carbons (Fsp3) is 0.227. The number of morpholine rings is 1. The minimum absolute atomic E-state index is 0.294. The van der Waals surface area contributed by atoms with E-state index >= 15 is 0 Å². The van der Waals surface area contributed by atoms with Crippen molar-refractivity contribution in [2.45, 2.75) is 4.90 Å². The first-order chi connectivity index (χ1) is 14.7. The fourth-order valence-corrected chi connectivity index (χ4v) is 3.57. The molecule has 30 heavy (non-hydrogen) atoms. The highest BCUT2D eigenvalue weighted by atomic mass is 32.2. The van der Waals surface area contributed by atoms with Gasteiger partial charge in [0.05, 0.1) is 18.9 Å². The molecule has 2 heterocycles. The van der Waals surface area contributed by atoms with Gasteiger partial charge < -0.3 is 20.3 Å². The molecule has 0 unspecified atom stereocenters. The Bertz CT molecular complexity index is 989. The van der Waals surface area contributed by atoms with Crippen LogP contribution in [0, 0.1) is 0 Å². The molecule has 1 saturated heterocycles. The molecule has 2 aromatic carbocycles. The van der Waals surface area contributed by atoms with Crippen molar-refractivity contribution in [1.29, 1.82) is 0 Å². The average molecular weight is 422 g/mol. The monoisotopic (exact) mass is 421 g/mol. The number of benzene rings is 2. The number of carbonyl (C=O) groups is 1. The van der Waals surface area contributed by atoms with Gasteiger partial charge >= 0.3 is 6.03 Å². The van der Waals surface area contributed by atoms with Crippen LogP contribution in [0.25, 0.3) is 11.3 Å². The second-order valence-electron chi connectivity index (χ2n) is 6.76. The van der Waals surface area contributed by atoms with E-state index in [0.29, 0.717) is 18.9 Å². The van der Waals surface area contributed by atoms with Crippen molar-refractivity contribution >= 4 is 35.0 Å². The third kappa shape index (κ3) is 5.08. The minimum Gasteiger partial charge on any atom is -0.378 e. The molecule has 154 valence electrons. The van der Waals surface area contributed by atoms with Crippen LogP contribution < -0.4 is 15.5 Å². The summed E-state index contributed by atoms with van der Waals surface area (Å²) < 4.78 is 5.38. The average Bonchev–Trinajstić information content (AvgIpc) is 2.80. The van der Waals surface area contributed by atoms with Crippen LogP contribution in [0.2, 0.25) is 0 Å². The number of hydrogen-bond acceptors (Lipinski definition) is 6. The molecule has 1 fully saturated rings. The molecule has 2 N–H and O–H groups in total. The Kier molecular flexibility index (Phi) is 6.46. The van der Waals surface area contributed by atoms with Gasteiger partial charge in [-0.25, -0.2) is 4.79 Å². The van der Waals surface area contributed by atoms with Crippen molar-refractivity contribution in [1.82, 2.24) is 10.2 Å². The first-order valence-corrected chi connectivity index (χ1v) is 10.9. The molecule has 7 nitrogen and oxygen atoms in total. The first-order valence-electron chi connectivity index (χ1n) is 9.70. The van der Waals surface area contributed by atoms with Gasteiger partial charge in [0.25, 0.3) is 0 Å². The second kappa shape index (κ2) is 9.60. The lowest BCUT2D eigenvalue weighted by Crippen LogP contribution is -2.36. The smallest absolute Gasteiger partial charge is 0.323 e. The second-order valence-corrected chi connectivity index (χ2v) is 7.64. The van der Waals surface area contributed by atoms with Crippen molar-refractivity contribution in [3.8, 4) is 11.3 Å². The molecule has 3 aromatic rings. The van der Waals surface area contributed by atoms with Gasteiger partial charge in [0.15, 0.2) is 5.82 Å². The van der Waals surface area contributed by atoms with Crippen molar-refractivity contribution in [2.75, 3.05) is 48.1 Å². The van der Waals surface area contributed by atoms with Gasteiger partial charge in [-0.15, -0.1) is 22.0 Å². The molecule has 0 saturated carbocycles.